The van der Waals surface area contributed by atoms with E-state index >= 15 is 0 Å². The molecular weight excluding hydrogens is 254 g/mol. The van der Waals surface area contributed by atoms with Gasteiger partial charge in [0.25, 0.3) is 0 Å². The Morgan fingerprint density at radius 1 is 1.25 bits per heavy atom. The Bertz CT molecular complexity index is 636. The number of nitrogens with zero attached hydrogens (tertiary/aromatic N) is 2. The number of aromatic nitrogens is 2. The van der Waals surface area contributed by atoms with Gasteiger partial charge in [-0.1, -0.05) is 12.1 Å². The zero-order valence-corrected chi connectivity index (χ0v) is 11.8. The molecule has 0 amide bonds. The van der Waals surface area contributed by atoms with Gasteiger partial charge in [-0.3, -0.25) is 0 Å². The van der Waals surface area contributed by atoms with E-state index < -0.39 is 0 Å². The highest BCUT2D eigenvalue weighted by atomic mass is 16.5. The van der Waals surface area contributed by atoms with Crippen molar-refractivity contribution >= 4 is 16.7 Å². The highest BCUT2D eigenvalue weighted by molar-refractivity contribution is 5.91. The molecule has 106 valence electrons. The molecule has 1 aliphatic rings. The van der Waals surface area contributed by atoms with E-state index in [4.69, 9.17) is 15.2 Å². The number of nitrogen functional groups attached to an aromatic ring is 1. The van der Waals surface area contributed by atoms with Crippen LogP contribution < -0.4 is 5.73 Å². The van der Waals surface area contributed by atoms with Crippen LogP contribution in [0, 0.1) is 6.92 Å². The van der Waals surface area contributed by atoms with Crippen LogP contribution in [0.25, 0.3) is 10.9 Å². The monoisotopic (exact) mass is 273 g/mol. The molecule has 0 saturated carbocycles. The molecule has 3 rings (SSSR count). The smallest absolute Gasteiger partial charge is 0.135 e. The molecule has 2 N–H and O–H groups in total. The van der Waals surface area contributed by atoms with Crippen molar-refractivity contribution in [1.82, 2.24) is 9.97 Å². The summed E-state index contributed by atoms with van der Waals surface area (Å²) >= 11 is 0. The van der Waals surface area contributed by atoms with E-state index in [1.807, 2.05) is 19.1 Å². The summed E-state index contributed by atoms with van der Waals surface area (Å²) in [4.78, 5) is 8.78. The second-order valence-electron chi connectivity index (χ2n) is 5.17. The minimum atomic E-state index is -0.357. The van der Waals surface area contributed by atoms with Gasteiger partial charge in [-0.2, -0.15) is 0 Å². The molecule has 1 aromatic carbocycles. The Kier molecular flexibility index (Phi) is 3.31. The van der Waals surface area contributed by atoms with Crippen LogP contribution in [0.5, 0.6) is 0 Å². The fourth-order valence-electron chi connectivity index (χ4n) is 3.00. The van der Waals surface area contributed by atoms with Crippen molar-refractivity contribution in [2.75, 3.05) is 26.1 Å². The lowest BCUT2D eigenvalue weighted by atomic mass is 9.84. The predicted octanol–water partition coefficient (Wildman–Crippen LogP) is 2.17. The third-order valence-corrected chi connectivity index (χ3v) is 4.05. The quantitative estimate of drug-likeness (QED) is 0.908. The van der Waals surface area contributed by atoms with Crippen molar-refractivity contribution in [3.05, 3.63) is 29.6 Å². The van der Waals surface area contributed by atoms with Crippen molar-refractivity contribution in [2.24, 2.45) is 0 Å². The van der Waals surface area contributed by atoms with Gasteiger partial charge in [0.2, 0.25) is 0 Å². The molecule has 0 bridgehead atoms. The molecule has 2 heterocycles. The highest BCUT2D eigenvalue weighted by Gasteiger charge is 2.36. The average molecular weight is 273 g/mol. The van der Waals surface area contributed by atoms with E-state index in [1.54, 1.807) is 7.11 Å². The number of anilines is 1. The summed E-state index contributed by atoms with van der Waals surface area (Å²) in [5.41, 5.74) is 7.72. The van der Waals surface area contributed by atoms with Crippen LogP contribution in [0.3, 0.4) is 0 Å². The average Bonchev–Trinajstić information content (AvgIpc) is 2.47. The first-order valence-corrected chi connectivity index (χ1v) is 6.82. The molecule has 0 atom stereocenters. The first-order valence-electron chi connectivity index (χ1n) is 6.82. The lowest BCUT2D eigenvalue weighted by molar-refractivity contribution is -0.0938. The Hall–Kier alpha value is -1.72. The molecule has 20 heavy (non-hydrogen) atoms. The summed E-state index contributed by atoms with van der Waals surface area (Å²) in [6.07, 6.45) is 1.63. The number of hydrogen-bond acceptors (Lipinski definition) is 5. The van der Waals surface area contributed by atoms with E-state index in [0.717, 1.165) is 29.3 Å². The van der Waals surface area contributed by atoms with Crippen LogP contribution in [-0.4, -0.2) is 30.3 Å². The minimum Gasteiger partial charge on any atom is -0.383 e. The second-order valence-corrected chi connectivity index (χ2v) is 5.17. The first-order chi connectivity index (χ1) is 9.66. The van der Waals surface area contributed by atoms with Gasteiger partial charge in [0.15, 0.2) is 0 Å². The third-order valence-electron chi connectivity index (χ3n) is 4.05. The Morgan fingerprint density at radius 3 is 2.70 bits per heavy atom. The number of methoxy groups -OCH3 is 1. The van der Waals surface area contributed by atoms with Gasteiger partial charge in [0.05, 0.1) is 11.1 Å². The molecule has 0 aliphatic carbocycles. The van der Waals surface area contributed by atoms with Crippen LogP contribution in [-0.2, 0) is 15.1 Å². The molecule has 1 aliphatic heterocycles. The molecule has 0 unspecified atom stereocenters. The number of ether oxygens (including phenoxy) is 2. The normalized spacial score (nSPS) is 18.3. The molecular formula is C15H19N3O2. The van der Waals surface area contributed by atoms with E-state index in [1.165, 1.54) is 0 Å². The van der Waals surface area contributed by atoms with Crippen LogP contribution in [0.4, 0.5) is 5.82 Å². The number of benzene rings is 1. The van der Waals surface area contributed by atoms with Gasteiger partial charge in [0.1, 0.15) is 11.6 Å². The maximum absolute atomic E-state index is 6.14. The first kappa shape index (κ1) is 13.3. The molecule has 5 nitrogen and oxygen atoms in total. The lowest BCUT2D eigenvalue weighted by Gasteiger charge is -2.37. The lowest BCUT2D eigenvalue weighted by Crippen LogP contribution is -2.36. The molecule has 0 radical (unpaired) electrons. The third kappa shape index (κ3) is 2.03. The van der Waals surface area contributed by atoms with E-state index in [-0.39, 0.29) is 5.60 Å². The number of fused-ring (bicyclic) bond motifs is 1. The maximum Gasteiger partial charge on any atom is 0.135 e. The summed E-state index contributed by atoms with van der Waals surface area (Å²) in [6.45, 7) is 3.23. The Labute approximate surface area is 118 Å². The summed E-state index contributed by atoms with van der Waals surface area (Å²) in [7, 11) is 1.75. The molecule has 0 spiro atoms. The molecule has 5 heteroatoms. The molecule has 1 aromatic heterocycles. The van der Waals surface area contributed by atoms with Gasteiger partial charge < -0.3 is 15.2 Å². The maximum atomic E-state index is 6.14. The Morgan fingerprint density at radius 2 is 2.00 bits per heavy atom. The summed E-state index contributed by atoms with van der Waals surface area (Å²) in [5, 5.41) is 0.904. The van der Waals surface area contributed by atoms with Crippen LogP contribution in [0.15, 0.2) is 18.2 Å². The Balaban J connectivity index is 2.25. The SMILES string of the molecule is COC1(c2cccc3nc(C)nc(N)c23)CCOCC1. The fourth-order valence-corrected chi connectivity index (χ4v) is 3.00. The number of hydrogen-bond donors (Lipinski definition) is 1. The van der Waals surface area contributed by atoms with Crippen molar-refractivity contribution < 1.29 is 9.47 Å². The molecule has 2 aromatic rings. The predicted molar refractivity (Wildman–Crippen MR) is 77.4 cm³/mol. The van der Waals surface area contributed by atoms with Crippen molar-refractivity contribution in [3.63, 3.8) is 0 Å². The standard InChI is InChI=1S/C15H19N3O2/c1-10-17-12-5-3-4-11(13(12)14(16)18-10)15(19-2)6-8-20-9-7-15/h3-5H,6-9H2,1-2H3,(H2,16,17,18). The van der Waals surface area contributed by atoms with Crippen molar-refractivity contribution in [3.8, 4) is 0 Å². The molecule has 1 fully saturated rings. The van der Waals surface area contributed by atoms with Gasteiger partial charge >= 0.3 is 0 Å². The fraction of sp³-hybridized carbons (Fsp3) is 0.467. The zero-order valence-electron chi connectivity index (χ0n) is 11.8. The van der Waals surface area contributed by atoms with Crippen molar-refractivity contribution in [2.45, 2.75) is 25.4 Å². The highest BCUT2D eigenvalue weighted by Crippen LogP contribution is 2.40. The number of rotatable bonds is 2. The van der Waals surface area contributed by atoms with Gasteiger partial charge in [-0.15, -0.1) is 0 Å². The van der Waals surface area contributed by atoms with Crippen LogP contribution in [0.2, 0.25) is 0 Å². The summed E-state index contributed by atoms with van der Waals surface area (Å²) in [6, 6.07) is 6.03. The molecule has 1 saturated heterocycles. The van der Waals surface area contributed by atoms with Crippen molar-refractivity contribution in [1.29, 1.82) is 0 Å². The minimum absolute atomic E-state index is 0.357. The topological polar surface area (TPSA) is 70.3 Å². The van der Waals surface area contributed by atoms with E-state index in [9.17, 15) is 0 Å². The summed E-state index contributed by atoms with van der Waals surface area (Å²) in [5.74, 6) is 1.21. The van der Waals surface area contributed by atoms with Gasteiger partial charge in [-0.25, -0.2) is 9.97 Å². The number of nitrogens with two attached hydrogens (primary N) is 1. The van der Waals surface area contributed by atoms with Gasteiger partial charge in [0, 0.05) is 38.6 Å². The van der Waals surface area contributed by atoms with E-state index in [0.29, 0.717) is 24.9 Å². The largest absolute Gasteiger partial charge is 0.383 e. The number of aryl methyl sites for hydroxylation is 1. The second kappa shape index (κ2) is 5.00. The summed E-state index contributed by atoms with van der Waals surface area (Å²) < 4.78 is 11.3. The van der Waals surface area contributed by atoms with Gasteiger partial charge in [-0.05, 0) is 18.6 Å². The van der Waals surface area contributed by atoms with E-state index in [2.05, 4.69) is 16.0 Å². The van der Waals surface area contributed by atoms with Crippen LogP contribution in [0.1, 0.15) is 24.2 Å². The van der Waals surface area contributed by atoms with Crippen LogP contribution >= 0.6 is 0 Å². The zero-order chi connectivity index (χ0) is 14.2.